The highest BCUT2D eigenvalue weighted by atomic mass is 32.2. The standard InChI is InChI=1S/C4H8N2O4S/c5-4(7)6-2-1-3-11(8,9)10/h1-2H,3H2,(H3,5,6,7)(H,8,9,10). The maximum absolute atomic E-state index is 10.0. The fourth-order valence-electron chi connectivity index (χ4n) is 0.311. The van der Waals surface area contributed by atoms with Gasteiger partial charge in [0.15, 0.2) is 0 Å². The zero-order valence-corrected chi connectivity index (χ0v) is 6.34. The summed E-state index contributed by atoms with van der Waals surface area (Å²) in [5.74, 6) is -0.548. The lowest BCUT2D eigenvalue weighted by Gasteiger charge is -1.90. The summed E-state index contributed by atoms with van der Waals surface area (Å²) in [7, 11) is -4.00. The first-order chi connectivity index (χ1) is 4.92. The van der Waals surface area contributed by atoms with Crippen LogP contribution >= 0.6 is 0 Å². The predicted molar refractivity (Wildman–Crippen MR) is 38.3 cm³/mol. The van der Waals surface area contributed by atoms with Crippen LogP contribution in [-0.4, -0.2) is 24.8 Å². The molecule has 0 saturated carbocycles. The van der Waals surface area contributed by atoms with Crippen molar-refractivity contribution >= 4 is 16.1 Å². The number of carbonyl (C=O) groups is 1. The highest BCUT2D eigenvalue weighted by molar-refractivity contribution is 7.85. The van der Waals surface area contributed by atoms with E-state index in [1.165, 1.54) is 0 Å². The second-order valence-electron chi connectivity index (χ2n) is 1.66. The second kappa shape index (κ2) is 3.94. The summed E-state index contributed by atoms with van der Waals surface area (Å²) in [6.45, 7) is 0. The summed E-state index contributed by atoms with van der Waals surface area (Å²) in [6.07, 6.45) is 2.09. The van der Waals surface area contributed by atoms with Crippen LogP contribution in [-0.2, 0) is 10.1 Å². The van der Waals surface area contributed by atoms with Crippen molar-refractivity contribution < 1.29 is 17.8 Å². The number of urea groups is 1. The number of rotatable bonds is 3. The van der Waals surface area contributed by atoms with E-state index >= 15 is 0 Å². The fraction of sp³-hybridized carbons (Fsp3) is 0.250. The average molecular weight is 180 g/mol. The van der Waals surface area contributed by atoms with E-state index in [2.05, 4.69) is 5.73 Å². The third-order valence-corrected chi connectivity index (χ3v) is 1.26. The van der Waals surface area contributed by atoms with Crippen molar-refractivity contribution in [2.24, 2.45) is 5.73 Å². The molecule has 11 heavy (non-hydrogen) atoms. The van der Waals surface area contributed by atoms with Gasteiger partial charge in [-0.3, -0.25) is 4.55 Å². The molecule has 4 N–H and O–H groups in total. The molecule has 0 radical (unpaired) electrons. The fourth-order valence-corrected chi connectivity index (χ4v) is 0.650. The van der Waals surface area contributed by atoms with E-state index in [1.807, 2.05) is 5.32 Å². The van der Waals surface area contributed by atoms with Crippen LogP contribution < -0.4 is 11.1 Å². The first-order valence-corrected chi connectivity index (χ1v) is 4.19. The van der Waals surface area contributed by atoms with E-state index in [-0.39, 0.29) is 0 Å². The summed E-state index contributed by atoms with van der Waals surface area (Å²) >= 11 is 0. The first kappa shape index (κ1) is 9.92. The summed E-state index contributed by atoms with van der Waals surface area (Å²) in [6, 6.07) is -0.795. The zero-order chi connectivity index (χ0) is 8.91. The van der Waals surface area contributed by atoms with E-state index < -0.39 is 21.9 Å². The molecule has 0 rings (SSSR count). The van der Waals surface area contributed by atoms with Crippen LogP contribution in [0.15, 0.2) is 12.3 Å². The SMILES string of the molecule is NC(=O)NC=CCS(=O)(=O)O. The Morgan fingerprint density at radius 2 is 2.18 bits per heavy atom. The molecule has 64 valence electrons. The van der Waals surface area contributed by atoms with Gasteiger partial charge in [-0.05, 0) is 0 Å². The summed E-state index contributed by atoms with van der Waals surface area (Å²) < 4.78 is 28.2. The van der Waals surface area contributed by atoms with Gasteiger partial charge in [-0.25, -0.2) is 4.79 Å². The number of primary amides is 1. The van der Waals surface area contributed by atoms with Gasteiger partial charge in [-0.2, -0.15) is 8.42 Å². The summed E-state index contributed by atoms with van der Waals surface area (Å²) in [4.78, 5) is 9.97. The smallest absolute Gasteiger partial charge is 0.316 e. The van der Waals surface area contributed by atoms with Gasteiger partial charge in [0, 0.05) is 6.20 Å². The Hall–Kier alpha value is -1.08. The average Bonchev–Trinajstić information content (AvgIpc) is 1.78. The van der Waals surface area contributed by atoms with Crippen molar-refractivity contribution in [1.29, 1.82) is 0 Å². The third kappa shape index (κ3) is 8.92. The molecular formula is C4H8N2O4S. The highest BCUT2D eigenvalue weighted by Crippen LogP contribution is 1.81. The van der Waals surface area contributed by atoms with Gasteiger partial charge in [0.05, 0.1) is 5.75 Å². The molecule has 0 bridgehead atoms. The maximum atomic E-state index is 10.0. The lowest BCUT2D eigenvalue weighted by Crippen LogP contribution is -2.24. The van der Waals surface area contributed by atoms with Gasteiger partial charge in [0.25, 0.3) is 10.1 Å². The van der Waals surface area contributed by atoms with Gasteiger partial charge in [-0.1, -0.05) is 6.08 Å². The van der Waals surface area contributed by atoms with E-state index in [1.54, 1.807) is 0 Å². The van der Waals surface area contributed by atoms with Crippen molar-refractivity contribution in [2.75, 3.05) is 5.75 Å². The highest BCUT2D eigenvalue weighted by Gasteiger charge is 1.98. The molecule has 0 atom stereocenters. The Bertz CT molecular complexity index is 255. The van der Waals surface area contributed by atoms with Gasteiger partial charge in [0.1, 0.15) is 0 Å². The van der Waals surface area contributed by atoms with Crippen molar-refractivity contribution in [2.45, 2.75) is 0 Å². The van der Waals surface area contributed by atoms with Crippen LogP contribution in [0.2, 0.25) is 0 Å². The van der Waals surface area contributed by atoms with Crippen LogP contribution in [0.3, 0.4) is 0 Å². The minimum atomic E-state index is -4.00. The van der Waals surface area contributed by atoms with Crippen molar-refractivity contribution in [3.8, 4) is 0 Å². The lowest BCUT2D eigenvalue weighted by molar-refractivity contribution is 0.252. The predicted octanol–water partition coefficient (Wildman–Crippen LogP) is -0.944. The number of nitrogens with two attached hydrogens (primary N) is 1. The molecule has 0 spiro atoms. The second-order valence-corrected chi connectivity index (χ2v) is 3.16. The number of amides is 2. The van der Waals surface area contributed by atoms with Crippen molar-refractivity contribution in [3.05, 3.63) is 12.3 Å². The minimum Gasteiger partial charge on any atom is -0.351 e. The van der Waals surface area contributed by atoms with E-state index in [4.69, 9.17) is 4.55 Å². The Kier molecular flexibility index (Phi) is 3.55. The minimum absolute atomic E-state index is 0.548. The van der Waals surface area contributed by atoms with Crippen LogP contribution in [0.5, 0.6) is 0 Å². The summed E-state index contributed by atoms with van der Waals surface area (Å²) in [5, 5.41) is 2.00. The molecule has 0 aromatic carbocycles. The molecule has 0 saturated heterocycles. The third-order valence-electron chi connectivity index (χ3n) is 0.650. The summed E-state index contributed by atoms with van der Waals surface area (Å²) in [5.41, 5.74) is 4.63. The molecule has 0 unspecified atom stereocenters. The number of hydrogen-bond acceptors (Lipinski definition) is 3. The molecule has 0 aromatic rings. The Balaban J connectivity index is 3.71. The molecule has 0 fully saturated rings. The van der Waals surface area contributed by atoms with Crippen LogP contribution in [0.1, 0.15) is 0 Å². The molecule has 7 heteroatoms. The van der Waals surface area contributed by atoms with Crippen LogP contribution in [0.4, 0.5) is 4.79 Å². The number of hydrogen-bond donors (Lipinski definition) is 3. The van der Waals surface area contributed by atoms with Crippen molar-refractivity contribution in [3.63, 3.8) is 0 Å². The van der Waals surface area contributed by atoms with Gasteiger partial charge >= 0.3 is 6.03 Å². The normalized spacial score (nSPS) is 11.7. The van der Waals surface area contributed by atoms with Crippen molar-refractivity contribution in [1.82, 2.24) is 5.32 Å². The molecule has 6 nitrogen and oxygen atoms in total. The zero-order valence-electron chi connectivity index (χ0n) is 5.52. The number of carbonyl (C=O) groups excluding carboxylic acids is 1. The molecule has 0 aliphatic carbocycles. The molecule has 0 aromatic heterocycles. The largest absolute Gasteiger partial charge is 0.351 e. The van der Waals surface area contributed by atoms with Gasteiger partial charge < -0.3 is 11.1 Å². The molecule has 0 aliphatic heterocycles. The van der Waals surface area contributed by atoms with E-state index in [0.717, 1.165) is 12.3 Å². The molecular weight excluding hydrogens is 172 g/mol. The van der Waals surface area contributed by atoms with Crippen LogP contribution in [0, 0.1) is 0 Å². The quantitative estimate of drug-likeness (QED) is 0.486. The van der Waals surface area contributed by atoms with Gasteiger partial charge in [-0.15, -0.1) is 0 Å². The maximum Gasteiger partial charge on any atom is 0.316 e. The Labute approximate surface area is 63.8 Å². The van der Waals surface area contributed by atoms with Crippen LogP contribution in [0.25, 0.3) is 0 Å². The van der Waals surface area contributed by atoms with Gasteiger partial charge in [0.2, 0.25) is 0 Å². The van der Waals surface area contributed by atoms with E-state index in [0.29, 0.717) is 0 Å². The first-order valence-electron chi connectivity index (χ1n) is 2.58. The Morgan fingerprint density at radius 3 is 2.55 bits per heavy atom. The number of nitrogens with one attached hydrogen (secondary N) is 1. The molecule has 2 amide bonds. The lowest BCUT2D eigenvalue weighted by atomic mass is 10.7. The monoisotopic (exact) mass is 180 g/mol. The van der Waals surface area contributed by atoms with E-state index in [9.17, 15) is 13.2 Å². The molecule has 0 aliphatic rings. The molecule has 0 heterocycles. The Morgan fingerprint density at radius 1 is 1.64 bits per heavy atom. The topological polar surface area (TPSA) is 109 Å².